The quantitative estimate of drug-likeness (QED) is 0.405. The lowest BCUT2D eigenvalue weighted by atomic mass is 10.8. The van der Waals surface area contributed by atoms with E-state index in [1.807, 2.05) is 0 Å². The van der Waals surface area contributed by atoms with Crippen molar-refractivity contribution in [3.8, 4) is 0 Å². The second-order valence-corrected chi connectivity index (χ2v) is 5.84. The van der Waals surface area contributed by atoms with Crippen LogP contribution in [0.1, 0.15) is 0 Å². The van der Waals surface area contributed by atoms with E-state index < -0.39 is 24.9 Å². The minimum Gasteiger partial charge on any atom is -0.328 e. The van der Waals surface area contributed by atoms with Crippen LogP contribution in [-0.4, -0.2) is 34.5 Å². The van der Waals surface area contributed by atoms with Gasteiger partial charge in [0.1, 0.15) is 0 Å². The van der Waals surface area contributed by atoms with Crippen molar-refractivity contribution < 1.29 is 25.6 Å². The molecule has 0 aliphatic rings. The lowest BCUT2D eigenvalue weighted by Crippen LogP contribution is -2.20. The van der Waals surface area contributed by atoms with Crippen molar-refractivity contribution in [2.45, 2.75) is 0 Å². The summed E-state index contributed by atoms with van der Waals surface area (Å²) in [5.41, 5.74) is 4.81. The Morgan fingerprint density at radius 1 is 1.27 bits per heavy atom. The average molecular weight is 205 g/mol. The number of rotatable bonds is 4. The molecular formula is C2H7NO6S2. The van der Waals surface area contributed by atoms with Gasteiger partial charge in [-0.2, -0.15) is 16.8 Å². The van der Waals surface area contributed by atoms with Gasteiger partial charge in [0, 0.05) is 6.54 Å². The van der Waals surface area contributed by atoms with Gasteiger partial charge in [-0.25, -0.2) is 0 Å². The Labute approximate surface area is 63.4 Å². The van der Waals surface area contributed by atoms with Crippen LogP contribution in [0.5, 0.6) is 0 Å². The van der Waals surface area contributed by atoms with Gasteiger partial charge in [0.25, 0.3) is 0 Å². The molecule has 0 fully saturated rings. The van der Waals surface area contributed by atoms with E-state index >= 15 is 0 Å². The van der Waals surface area contributed by atoms with Gasteiger partial charge in [-0.3, -0.25) is 8.74 Å². The lowest BCUT2D eigenvalue weighted by Gasteiger charge is -1.98. The van der Waals surface area contributed by atoms with Crippen LogP contribution in [0, 0.1) is 0 Å². The van der Waals surface area contributed by atoms with E-state index in [0.29, 0.717) is 0 Å². The Morgan fingerprint density at radius 2 is 1.73 bits per heavy atom. The summed E-state index contributed by atoms with van der Waals surface area (Å²) in [4.78, 5) is 0. The third-order valence-corrected chi connectivity index (χ3v) is 3.41. The summed E-state index contributed by atoms with van der Waals surface area (Å²) < 4.78 is 52.3. The predicted molar refractivity (Wildman–Crippen MR) is 35.5 cm³/mol. The van der Waals surface area contributed by atoms with E-state index in [-0.39, 0.29) is 6.54 Å². The molecule has 0 unspecified atom stereocenters. The fourth-order valence-electron chi connectivity index (χ4n) is 0.211. The Bertz CT molecular complexity index is 299. The highest BCUT2D eigenvalue weighted by molar-refractivity contribution is 8.63. The van der Waals surface area contributed by atoms with Crippen LogP contribution in [0.15, 0.2) is 0 Å². The van der Waals surface area contributed by atoms with Crippen LogP contribution in [0.4, 0.5) is 0 Å². The summed E-state index contributed by atoms with van der Waals surface area (Å²) in [6.45, 7) is -0.642. The van der Waals surface area contributed by atoms with Crippen molar-refractivity contribution in [2.24, 2.45) is 5.73 Å². The lowest BCUT2D eigenvalue weighted by molar-refractivity contribution is 0.332. The molecule has 9 heteroatoms. The van der Waals surface area contributed by atoms with E-state index in [0.717, 1.165) is 0 Å². The molecule has 0 heterocycles. The fraction of sp³-hybridized carbons (Fsp3) is 1.00. The van der Waals surface area contributed by atoms with Crippen LogP contribution >= 0.6 is 0 Å². The predicted octanol–water partition coefficient (Wildman–Crippen LogP) is -1.91. The molecule has 0 saturated carbocycles. The van der Waals surface area contributed by atoms with Gasteiger partial charge in [0.15, 0.2) is 0 Å². The molecule has 11 heavy (non-hydrogen) atoms. The number of hydrogen-bond donors (Lipinski definition) is 2. The molecule has 3 N–H and O–H groups in total. The summed E-state index contributed by atoms with van der Waals surface area (Å²) in [6, 6.07) is 0. The summed E-state index contributed by atoms with van der Waals surface area (Å²) in [6.07, 6.45) is 0. The van der Waals surface area contributed by atoms with Gasteiger partial charge >= 0.3 is 18.3 Å². The van der Waals surface area contributed by atoms with Crippen molar-refractivity contribution in [1.29, 1.82) is 0 Å². The normalized spacial score (nSPS) is 13.3. The summed E-state index contributed by atoms with van der Waals surface area (Å²) in [7, 11) is -10.1. The first-order valence-corrected chi connectivity index (χ1v) is 5.74. The van der Waals surface area contributed by atoms with E-state index in [2.05, 4.69) is 4.18 Å². The SMILES string of the molecule is NCCOS(=O)(=O)S(=O)(=O)O. The largest absolute Gasteiger partial charge is 0.399 e. The van der Waals surface area contributed by atoms with Crippen molar-refractivity contribution in [3.05, 3.63) is 0 Å². The third kappa shape index (κ3) is 3.12. The maximum atomic E-state index is 10.3. The van der Waals surface area contributed by atoms with Crippen molar-refractivity contribution >= 4 is 18.3 Å². The summed E-state index contributed by atoms with van der Waals surface area (Å²) in [5.74, 6) is 0. The topological polar surface area (TPSA) is 124 Å². The van der Waals surface area contributed by atoms with Gasteiger partial charge in [0.05, 0.1) is 6.61 Å². The molecule has 0 aliphatic heterocycles. The smallest absolute Gasteiger partial charge is 0.328 e. The van der Waals surface area contributed by atoms with Crippen molar-refractivity contribution in [3.63, 3.8) is 0 Å². The fourth-order valence-corrected chi connectivity index (χ4v) is 1.20. The molecule has 0 aromatic rings. The number of nitrogens with two attached hydrogens (primary N) is 1. The summed E-state index contributed by atoms with van der Waals surface area (Å²) >= 11 is 0. The Hall–Kier alpha value is -0.220. The molecule has 0 aromatic carbocycles. The number of hydrogen-bond acceptors (Lipinski definition) is 6. The first-order valence-electron chi connectivity index (χ1n) is 2.38. The molecule has 0 radical (unpaired) electrons. The van der Waals surface area contributed by atoms with Gasteiger partial charge in [0.2, 0.25) is 0 Å². The van der Waals surface area contributed by atoms with Crippen LogP contribution in [0.3, 0.4) is 0 Å². The molecule has 0 bridgehead atoms. The van der Waals surface area contributed by atoms with Gasteiger partial charge < -0.3 is 5.73 Å². The molecule has 0 amide bonds. The molecule has 0 saturated heterocycles. The molecular weight excluding hydrogens is 198 g/mol. The van der Waals surface area contributed by atoms with E-state index in [1.165, 1.54) is 0 Å². The second-order valence-electron chi connectivity index (χ2n) is 1.45. The zero-order valence-corrected chi connectivity index (χ0v) is 6.93. The van der Waals surface area contributed by atoms with Crippen LogP contribution in [-0.2, 0) is 22.5 Å². The zero-order valence-electron chi connectivity index (χ0n) is 5.30. The zero-order chi connectivity index (χ0) is 9.12. The third-order valence-electron chi connectivity index (χ3n) is 0.603. The first kappa shape index (κ1) is 10.8. The highest BCUT2D eigenvalue weighted by Gasteiger charge is 2.27. The maximum absolute atomic E-state index is 10.3. The van der Waals surface area contributed by atoms with Gasteiger partial charge in [-0.05, 0) is 0 Å². The average Bonchev–Trinajstić information content (AvgIpc) is 1.81. The van der Waals surface area contributed by atoms with E-state index in [9.17, 15) is 16.8 Å². The molecule has 7 nitrogen and oxygen atoms in total. The Balaban J connectivity index is 4.53. The molecule has 0 aromatic heterocycles. The van der Waals surface area contributed by atoms with Crippen molar-refractivity contribution in [1.82, 2.24) is 0 Å². The van der Waals surface area contributed by atoms with Crippen LogP contribution in [0.2, 0.25) is 0 Å². The van der Waals surface area contributed by atoms with Crippen LogP contribution in [0.25, 0.3) is 0 Å². The molecule has 0 atom stereocenters. The Kier molecular flexibility index (Phi) is 3.38. The minimum atomic E-state index is -5.18. The van der Waals surface area contributed by atoms with Crippen molar-refractivity contribution in [2.75, 3.05) is 13.2 Å². The minimum absolute atomic E-state index is 0.158. The van der Waals surface area contributed by atoms with E-state index in [4.69, 9.17) is 10.3 Å². The first-order chi connectivity index (χ1) is 4.81. The molecule has 0 spiro atoms. The second kappa shape index (κ2) is 3.45. The molecule has 0 rings (SSSR count). The standard InChI is InChI=1S/C2H7NO6S2/c3-1-2-9-11(7,8)10(4,5)6/h1-3H2,(H,4,5,6). The van der Waals surface area contributed by atoms with Crippen LogP contribution < -0.4 is 5.73 Å². The highest BCUT2D eigenvalue weighted by atomic mass is 33.2. The molecule has 0 aliphatic carbocycles. The van der Waals surface area contributed by atoms with Gasteiger partial charge in [-0.1, -0.05) is 0 Å². The highest BCUT2D eigenvalue weighted by Crippen LogP contribution is 2.00. The summed E-state index contributed by atoms with van der Waals surface area (Å²) in [5, 5.41) is 0. The maximum Gasteiger partial charge on any atom is 0.399 e. The molecule has 68 valence electrons. The monoisotopic (exact) mass is 205 g/mol. The van der Waals surface area contributed by atoms with E-state index in [1.54, 1.807) is 0 Å². The Morgan fingerprint density at radius 3 is 2.00 bits per heavy atom. The van der Waals surface area contributed by atoms with Gasteiger partial charge in [-0.15, -0.1) is 0 Å².